The molecule has 1 heterocycles. The summed E-state index contributed by atoms with van der Waals surface area (Å²) in [6, 6.07) is 3.66. The van der Waals surface area contributed by atoms with Gasteiger partial charge in [-0.2, -0.15) is 0 Å². The van der Waals surface area contributed by atoms with E-state index in [4.69, 9.17) is 23.2 Å². The molecule has 18 heavy (non-hydrogen) atoms. The number of aryl methyl sites for hydroxylation is 2. The van der Waals surface area contributed by atoms with Crippen molar-refractivity contribution in [2.24, 2.45) is 7.05 Å². The van der Waals surface area contributed by atoms with E-state index >= 15 is 0 Å². The smallest absolute Gasteiger partial charge is 0.152 e. The first kappa shape index (κ1) is 13.2. The van der Waals surface area contributed by atoms with Crippen LogP contribution in [0.5, 0.6) is 0 Å². The van der Waals surface area contributed by atoms with Gasteiger partial charge in [0.05, 0.1) is 17.3 Å². The van der Waals surface area contributed by atoms with E-state index in [2.05, 4.69) is 15.5 Å². The SMILES string of the molecule is Cc1cc(Cl)c(NCc2nnc(C)n2C)cc1Cl. The molecule has 0 radical (unpaired) electrons. The van der Waals surface area contributed by atoms with Crippen LogP contribution >= 0.6 is 23.2 Å². The molecule has 2 rings (SSSR count). The normalized spacial score (nSPS) is 10.7. The molecule has 2 aromatic rings. The van der Waals surface area contributed by atoms with Gasteiger partial charge in [0.15, 0.2) is 5.82 Å². The lowest BCUT2D eigenvalue weighted by Crippen LogP contribution is -2.07. The fourth-order valence-corrected chi connectivity index (χ4v) is 2.01. The lowest BCUT2D eigenvalue weighted by atomic mass is 10.2. The third-order valence-electron chi connectivity index (χ3n) is 2.87. The van der Waals surface area contributed by atoms with E-state index in [0.29, 0.717) is 16.6 Å². The lowest BCUT2D eigenvalue weighted by molar-refractivity contribution is 0.789. The van der Waals surface area contributed by atoms with Crippen molar-refractivity contribution >= 4 is 28.9 Å². The number of benzene rings is 1. The van der Waals surface area contributed by atoms with Crippen molar-refractivity contribution in [1.82, 2.24) is 14.8 Å². The summed E-state index contributed by atoms with van der Waals surface area (Å²) in [7, 11) is 1.93. The monoisotopic (exact) mass is 284 g/mol. The highest BCUT2D eigenvalue weighted by Crippen LogP contribution is 2.28. The molecule has 4 nitrogen and oxygen atoms in total. The molecular formula is C12H14Cl2N4. The molecule has 1 aromatic carbocycles. The van der Waals surface area contributed by atoms with Gasteiger partial charge in [-0.25, -0.2) is 0 Å². The summed E-state index contributed by atoms with van der Waals surface area (Å²) in [5.41, 5.74) is 1.76. The van der Waals surface area contributed by atoms with Crippen molar-refractivity contribution in [2.75, 3.05) is 5.32 Å². The van der Waals surface area contributed by atoms with Gasteiger partial charge in [0, 0.05) is 12.1 Å². The molecule has 0 saturated carbocycles. The number of hydrogen-bond donors (Lipinski definition) is 1. The Kier molecular flexibility index (Phi) is 3.78. The first-order valence-electron chi connectivity index (χ1n) is 5.53. The minimum absolute atomic E-state index is 0.552. The molecule has 6 heteroatoms. The number of rotatable bonds is 3. The maximum atomic E-state index is 6.15. The van der Waals surface area contributed by atoms with E-state index in [0.717, 1.165) is 22.9 Å². The zero-order valence-corrected chi connectivity index (χ0v) is 12.0. The quantitative estimate of drug-likeness (QED) is 0.940. The van der Waals surface area contributed by atoms with E-state index in [1.807, 2.05) is 37.6 Å². The minimum Gasteiger partial charge on any atom is -0.376 e. The Morgan fingerprint density at radius 2 is 1.89 bits per heavy atom. The van der Waals surface area contributed by atoms with E-state index in [1.54, 1.807) is 0 Å². The van der Waals surface area contributed by atoms with Crippen molar-refractivity contribution in [2.45, 2.75) is 20.4 Å². The Bertz CT molecular complexity index is 578. The Hall–Kier alpha value is -1.26. The first-order chi connectivity index (χ1) is 8.49. The Morgan fingerprint density at radius 3 is 2.50 bits per heavy atom. The molecule has 96 valence electrons. The van der Waals surface area contributed by atoms with Crippen LogP contribution in [0.15, 0.2) is 12.1 Å². The van der Waals surface area contributed by atoms with Crippen molar-refractivity contribution in [1.29, 1.82) is 0 Å². The number of nitrogens with zero attached hydrogens (tertiary/aromatic N) is 3. The van der Waals surface area contributed by atoms with Crippen molar-refractivity contribution in [3.63, 3.8) is 0 Å². The highest BCUT2D eigenvalue weighted by Gasteiger charge is 2.07. The zero-order valence-electron chi connectivity index (χ0n) is 10.5. The molecule has 1 N–H and O–H groups in total. The Labute approximate surface area is 116 Å². The number of anilines is 1. The zero-order chi connectivity index (χ0) is 13.3. The summed E-state index contributed by atoms with van der Waals surface area (Å²) in [6.45, 7) is 4.38. The molecule has 1 aromatic heterocycles. The standard InChI is InChI=1S/C12H14Cl2N4/c1-7-4-10(14)11(5-9(7)13)15-6-12-17-16-8(2)18(12)3/h4-5,15H,6H2,1-3H3. The van der Waals surface area contributed by atoms with Gasteiger partial charge >= 0.3 is 0 Å². The third-order valence-corrected chi connectivity index (χ3v) is 3.59. The number of aromatic nitrogens is 3. The number of nitrogens with one attached hydrogen (secondary N) is 1. The second-order valence-electron chi connectivity index (χ2n) is 4.16. The van der Waals surface area contributed by atoms with Gasteiger partial charge in [-0.05, 0) is 31.5 Å². The highest BCUT2D eigenvalue weighted by molar-refractivity contribution is 6.35. The van der Waals surface area contributed by atoms with Gasteiger partial charge in [0.25, 0.3) is 0 Å². The van der Waals surface area contributed by atoms with Crippen molar-refractivity contribution < 1.29 is 0 Å². The summed E-state index contributed by atoms with van der Waals surface area (Å²) in [6.07, 6.45) is 0. The highest BCUT2D eigenvalue weighted by atomic mass is 35.5. The molecule has 0 aliphatic carbocycles. The molecule has 0 spiro atoms. The number of halogens is 2. The van der Waals surface area contributed by atoms with Gasteiger partial charge in [0.1, 0.15) is 5.82 Å². The Morgan fingerprint density at radius 1 is 1.17 bits per heavy atom. The molecular weight excluding hydrogens is 271 g/mol. The molecule has 0 aliphatic heterocycles. The van der Waals surface area contributed by atoms with E-state index in [1.165, 1.54) is 0 Å². The average Bonchev–Trinajstić information content (AvgIpc) is 2.63. The fraction of sp³-hybridized carbons (Fsp3) is 0.333. The van der Waals surface area contributed by atoms with Gasteiger partial charge in [-0.1, -0.05) is 23.2 Å². The van der Waals surface area contributed by atoms with Crippen LogP contribution < -0.4 is 5.32 Å². The van der Waals surface area contributed by atoms with E-state index in [9.17, 15) is 0 Å². The first-order valence-corrected chi connectivity index (χ1v) is 6.29. The third kappa shape index (κ3) is 2.60. The predicted octanol–water partition coefficient (Wildman–Crippen LogP) is 3.35. The average molecular weight is 285 g/mol. The molecule has 0 atom stereocenters. The van der Waals surface area contributed by atoms with Crippen molar-refractivity contribution in [3.05, 3.63) is 39.4 Å². The van der Waals surface area contributed by atoms with E-state index in [-0.39, 0.29) is 0 Å². The maximum Gasteiger partial charge on any atom is 0.152 e. The van der Waals surface area contributed by atoms with Crippen LogP contribution in [0.25, 0.3) is 0 Å². The van der Waals surface area contributed by atoms with Crippen LogP contribution in [-0.2, 0) is 13.6 Å². The molecule has 0 amide bonds. The van der Waals surface area contributed by atoms with Crippen LogP contribution in [0.4, 0.5) is 5.69 Å². The van der Waals surface area contributed by atoms with Crippen molar-refractivity contribution in [3.8, 4) is 0 Å². The summed E-state index contributed by atoms with van der Waals surface area (Å²) < 4.78 is 1.93. The minimum atomic E-state index is 0.552. The van der Waals surface area contributed by atoms with Crippen LogP contribution in [0.3, 0.4) is 0 Å². The van der Waals surface area contributed by atoms with Gasteiger partial charge in [0.2, 0.25) is 0 Å². The topological polar surface area (TPSA) is 42.7 Å². The summed E-state index contributed by atoms with van der Waals surface area (Å²) >= 11 is 12.2. The molecule has 0 aliphatic rings. The maximum absolute atomic E-state index is 6.15. The van der Waals surface area contributed by atoms with Crippen LogP contribution in [0.2, 0.25) is 10.0 Å². The van der Waals surface area contributed by atoms with Gasteiger partial charge in [-0.15, -0.1) is 10.2 Å². The summed E-state index contributed by atoms with van der Waals surface area (Å²) in [5.74, 6) is 1.72. The summed E-state index contributed by atoms with van der Waals surface area (Å²) in [5, 5.41) is 12.6. The Balaban J connectivity index is 2.16. The summed E-state index contributed by atoms with van der Waals surface area (Å²) in [4.78, 5) is 0. The fourth-order valence-electron chi connectivity index (χ4n) is 1.56. The molecule has 0 bridgehead atoms. The van der Waals surface area contributed by atoms with Crippen LogP contribution in [0, 0.1) is 13.8 Å². The number of hydrogen-bond acceptors (Lipinski definition) is 3. The lowest BCUT2D eigenvalue weighted by Gasteiger charge is -2.10. The second kappa shape index (κ2) is 5.16. The largest absolute Gasteiger partial charge is 0.376 e. The van der Waals surface area contributed by atoms with Gasteiger partial charge in [-0.3, -0.25) is 0 Å². The van der Waals surface area contributed by atoms with Gasteiger partial charge < -0.3 is 9.88 Å². The van der Waals surface area contributed by atoms with Crippen LogP contribution in [0.1, 0.15) is 17.2 Å². The second-order valence-corrected chi connectivity index (χ2v) is 4.97. The van der Waals surface area contributed by atoms with Crippen LogP contribution in [-0.4, -0.2) is 14.8 Å². The predicted molar refractivity (Wildman–Crippen MR) is 74.3 cm³/mol. The molecule has 0 saturated heterocycles. The molecule has 0 fully saturated rings. The van der Waals surface area contributed by atoms with E-state index < -0.39 is 0 Å². The molecule has 0 unspecified atom stereocenters.